The molecule has 7 heteroatoms. The quantitative estimate of drug-likeness (QED) is 0.655. The molecule has 0 saturated carbocycles. The fraction of sp³-hybridized carbons (Fsp3) is 0.200. The number of benzene rings is 1. The number of amides is 1. The summed E-state index contributed by atoms with van der Waals surface area (Å²) in [5.41, 5.74) is 3.57. The van der Waals surface area contributed by atoms with Crippen LogP contribution in [0.25, 0.3) is 11.3 Å². The van der Waals surface area contributed by atoms with E-state index in [0.717, 1.165) is 36.1 Å². The highest BCUT2D eigenvalue weighted by Crippen LogP contribution is 2.38. The number of nitriles is 1. The SMILES string of the molecule is N#Cc1c(NC(=O)CSc2ccc(-c3ccccc3)nn2)sc2c1CCC2. The van der Waals surface area contributed by atoms with Gasteiger partial charge in [-0.1, -0.05) is 42.1 Å². The van der Waals surface area contributed by atoms with E-state index < -0.39 is 0 Å². The standard InChI is InChI=1S/C20H16N4OS2/c21-11-15-14-7-4-8-17(14)27-20(15)22-18(25)12-26-19-10-9-16(23-24-19)13-5-2-1-3-6-13/h1-3,5-6,9-10H,4,7-8,12H2,(H,22,25). The normalized spacial score (nSPS) is 12.4. The third-order valence-electron chi connectivity index (χ3n) is 4.35. The van der Waals surface area contributed by atoms with Crippen molar-refractivity contribution < 1.29 is 4.79 Å². The van der Waals surface area contributed by atoms with Crippen molar-refractivity contribution in [2.24, 2.45) is 0 Å². The minimum absolute atomic E-state index is 0.134. The van der Waals surface area contributed by atoms with Crippen LogP contribution in [0.4, 0.5) is 5.00 Å². The second kappa shape index (κ2) is 7.91. The average molecular weight is 393 g/mol. The maximum Gasteiger partial charge on any atom is 0.235 e. The lowest BCUT2D eigenvalue weighted by Crippen LogP contribution is -2.14. The first-order chi connectivity index (χ1) is 13.2. The van der Waals surface area contributed by atoms with Gasteiger partial charge in [-0.2, -0.15) is 5.26 Å². The van der Waals surface area contributed by atoms with Crippen LogP contribution < -0.4 is 5.32 Å². The van der Waals surface area contributed by atoms with Crippen LogP contribution in [0.1, 0.15) is 22.4 Å². The summed E-state index contributed by atoms with van der Waals surface area (Å²) in [6, 6.07) is 15.9. The molecule has 0 radical (unpaired) electrons. The summed E-state index contributed by atoms with van der Waals surface area (Å²) in [6.45, 7) is 0. The summed E-state index contributed by atoms with van der Waals surface area (Å²) in [6.07, 6.45) is 3.03. The van der Waals surface area contributed by atoms with Gasteiger partial charge in [0.1, 0.15) is 16.1 Å². The second-order valence-corrected chi connectivity index (χ2v) is 8.23. The molecule has 0 unspecified atom stereocenters. The van der Waals surface area contributed by atoms with Gasteiger partial charge in [0.2, 0.25) is 5.91 Å². The van der Waals surface area contributed by atoms with Crippen molar-refractivity contribution in [2.45, 2.75) is 24.3 Å². The van der Waals surface area contributed by atoms with E-state index in [4.69, 9.17) is 0 Å². The Labute approximate surface area is 165 Å². The van der Waals surface area contributed by atoms with Crippen molar-refractivity contribution in [1.82, 2.24) is 10.2 Å². The zero-order valence-electron chi connectivity index (χ0n) is 14.4. The van der Waals surface area contributed by atoms with Gasteiger partial charge in [0.25, 0.3) is 0 Å². The monoisotopic (exact) mass is 392 g/mol. The third kappa shape index (κ3) is 3.87. The molecule has 0 atom stereocenters. The summed E-state index contributed by atoms with van der Waals surface area (Å²) in [7, 11) is 0. The fourth-order valence-corrected chi connectivity index (χ4v) is 4.94. The summed E-state index contributed by atoms with van der Waals surface area (Å²) in [4.78, 5) is 13.5. The molecular formula is C20H16N4OS2. The minimum atomic E-state index is -0.134. The van der Waals surface area contributed by atoms with Crippen LogP contribution in [0.2, 0.25) is 0 Å². The van der Waals surface area contributed by atoms with Gasteiger partial charge in [0.05, 0.1) is 17.0 Å². The number of rotatable bonds is 5. The number of carbonyl (C=O) groups is 1. The van der Waals surface area contributed by atoms with Gasteiger partial charge in [0, 0.05) is 10.4 Å². The number of fused-ring (bicyclic) bond motifs is 1. The van der Waals surface area contributed by atoms with E-state index >= 15 is 0 Å². The number of aryl methyl sites for hydroxylation is 1. The van der Waals surface area contributed by atoms with Crippen LogP contribution in [0.15, 0.2) is 47.5 Å². The summed E-state index contributed by atoms with van der Waals surface area (Å²) < 4.78 is 0. The Bertz CT molecular complexity index is 1010. The van der Waals surface area contributed by atoms with Gasteiger partial charge in [-0.15, -0.1) is 21.5 Å². The Kier molecular flexibility index (Phi) is 5.19. The van der Waals surface area contributed by atoms with Gasteiger partial charge in [0.15, 0.2) is 0 Å². The predicted molar refractivity (Wildman–Crippen MR) is 108 cm³/mol. The molecule has 134 valence electrons. The Morgan fingerprint density at radius 2 is 2.04 bits per heavy atom. The van der Waals surface area contributed by atoms with Crippen molar-refractivity contribution in [3.05, 3.63) is 58.5 Å². The lowest BCUT2D eigenvalue weighted by atomic mass is 10.1. The largest absolute Gasteiger partial charge is 0.316 e. The van der Waals surface area contributed by atoms with E-state index in [1.54, 1.807) is 0 Å². The van der Waals surface area contributed by atoms with E-state index in [1.807, 2.05) is 42.5 Å². The van der Waals surface area contributed by atoms with E-state index in [2.05, 4.69) is 21.6 Å². The van der Waals surface area contributed by atoms with Gasteiger partial charge >= 0.3 is 0 Å². The molecule has 1 aliphatic carbocycles. The number of nitrogens with zero attached hydrogens (tertiary/aromatic N) is 3. The number of carbonyl (C=O) groups excluding carboxylic acids is 1. The Morgan fingerprint density at radius 1 is 1.19 bits per heavy atom. The molecule has 2 aromatic heterocycles. The first kappa shape index (κ1) is 17.7. The third-order valence-corrected chi connectivity index (χ3v) is 6.47. The smallest absolute Gasteiger partial charge is 0.235 e. The summed E-state index contributed by atoms with van der Waals surface area (Å²) >= 11 is 2.86. The lowest BCUT2D eigenvalue weighted by Gasteiger charge is -2.04. The molecule has 0 bridgehead atoms. The Morgan fingerprint density at radius 3 is 2.78 bits per heavy atom. The fourth-order valence-electron chi connectivity index (χ4n) is 3.07. The topological polar surface area (TPSA) is 78.7 Å². The number of hydrogen-bond acceptors (Lipinski definition) is 6. The molecule has 0 saturated heterocycles. The second-order valence-electron chi connectivity index (χ2n) is 6.13. The average Bonchev–Trinajstić information content (AvgIpc) is 3.28. The van der Waals surface area contributed by atoms with E-state index in [9.17, 15) is 10.1 Å². The molecule has 1 aromatic carbocycles. The van der Waals surface area contributed by atoms with Gasteiger partial charge in [-0.05, 0) is 37.0 Å². The zero-order chi connectivity index (χ0) is 18.6. The molecule has 0 spiro atoms. The Balaban J connectivity index is 1.37. The summed E-state index contributed by atoms with van der Waals surface area (Å²) in [5, 5.41) is 22.1. The molecule has 2 heterocycles. The number of anilines is 1. The lowest BCUT2D eigenvalue weighted by molar-refractivity contribution is -0.113. The van der Waals surface area contributed by atoms with Crippen molar-refractivity contribution in [2.75, 3.05) is 11.1 Å². The molecule has 0 aliphatic heterocycles. The van der Waals surface area contributed by atoms with Crippen LogP contribution in [0.3, 0.4) is 0 Å². The van der Waals surface area contributed by atoms with E-state index in [1.165, 1.54) is 28.0 Å². The van der Waals surface area contributed by atoms with Crippen LogP contribution in [-0.2, 0) is 17.6 Å². The number of nitrogens with one attached hydrogen (secondary N) is 1. The Hall–Kier alpha value is -2.69. The highest BCUT2D eigenvalue weighted by atomic mass is 32.2. The van der Waals surface area contributed by atoms with Gasteiger partial charge in [-0.25, -0.2) is 0 Å². The van der Waals surface area contributed by atoms with Crippen molar-refractivity contribution in [3.8, 4) is 17.3 Å². The number of aromatic nitrogens is 2. The zero-order valence-corrected chi connectivity index (χ0v) is 16.1. The highest BCUT2D eigenvalue weighted by Gasteiger charge is 2.23. The van der Waals surface area contributed by atoms with E-state index in [0.29, 0.717) is 15.6 Å². The first-order valence-corrected chi connectivity index (χ1v) is 10.4. The first-order valence-electron chi connectivity index (χ1n) is 8.61. The van der Waals surface area contributed by atoms with Crippen LogP contribution in [0.5, 0.6) is 0 Å². The van der Waals surface area contributed by atoms with Gasteiger partial charge < -0.3 is 5.32 Å². The van der Waals surface area contributed by atoms with Crippen molar-refractivity contribution >= 4 is 34.0 Å². The molecule has 27 heavy (non-hydrogen) atoms. The van der Waals surface area contributed by atoms with Crippen LogP contribution >= 0.6 is 23.1 Å². The van der Waals surface area contributed by atoms with Gasteiger partial charge in [-0.3, -0.25) is 4.79 Å². The number of hydrogen-bond donors (Lipinski definition) is 1. The molecular weight excluding hydrogens is 376 g/mol. The van der Waals surface area contributed by atoms with Crippen LogP contribution in [-0.4, -0.2) is 21.9 Å². The van der Waals surface area contributed by atoms with Crippen LogP contribution in [0, 0.1) is 11.3 Å². The molecule has 0 fully saturated rings. The maximum absolute atomic E-state index is 12.3. The van der Waals surface area contributed by atoms with Crippen molar-refractivity contribution in [1.29, 1.82) is 5.26 Å². The number of thiophene rings is 1. The molecule has 1 aliphatic rings. The maximum atomic E-state index is 12.3. The molecule has 3 aromatic rings. The predicted octanol–water partition coefficient (Wildman–Crippen LogP) is 4.30. The number of thioether (sulfide) groups is 1. The molecule has 5 nitrogen and oxygen atoms in total. The van der Waals surface area contributed by atoms with Crippen molar-refractivity contribution in [3.63, 3.8) is 0 Å². The molecule has 4 rings (SSSR count). The van der Waals surface area contributed by atoms with E-state index in [-0.39, 0.29) is 11.7 Å². The highest BCUT2D eigenvalue weighted by molar-refractivity contribution is 7.99. The minimum Gasteiger partial charge on any atom is -0.316 e. The molecule has 1 amide bonds. The summed E-state index contributed by atoms with van der Waals surface area (Å²) in [5.74, 6) is 0.0950. The molecule has 1 N–H and O–H groups in total.